The zero-order valence-corrected chi connectivity index (χ0v) is 12.3. The average Bonchev–Trinajstić information content (AvgIpc) is 2.31. The van der Waals surface area contributed by atoms with Gasteiger partial charge in [-0.15, -0.1) is 0 Å². The van der Waals surface area contributed by atoms with Crippen LogP contribution >= 0.6 is 11.6 Å². The maximum atomic E-state index is 10.1. The van der Waals surface area contributed by atoms with Crippen LogP contribution in [0, 0.1) is 5.92 Å². The number of phenols is 1. The number of halogens is 1. The van der Waals surface area contributed by atoms with Gasteiger partial charge in [-0.2, -0.15) is 0 Å². The van der Waals surface area contributed by atoms with Gasteiger partial charge in [0, 0.05) is 29.7 Å². The van der Waals surface area contributed by atoms with E-state index in [-0.39, 0.29) is 5.75 Å². The predicted molar refractivity (Wildman–Crippen MR) is 75.5 cm³/mol. The number of nitrogens with zero attached hydrogens (tertiary/aromatic N) is 1. The van der Waals surface area contributed by atoms with Crippen molar-refractivity contribution in [2.75, 3.05) is 20.2 Å². The van der Waals surface area contributed by atoms with Crippen LogP contribution in [0.3, 0.4) is 0 Å². The summed E-state index contributed by atoms with van der Waals surface area (Å²) in [6.07, 6.45) is 0. The Morgan fingerprint density at radius 3 is 2.56 bits per heavy atom. The van der Waals surface area contributed by atoms with Crippen LogP contribution in [0.2, 0.25) is 5.02 Å². The van der Waals surface area contributed by atoms with Crippen LogP contribution < -0.4 is 4.74 Å². The largest absolute Gasteiger partial charge is 0.504 e. The van der Waals surface area contributed by atoms with Gasteiger partial charge in [-0.05, 0) is 18.5 Å². The summed E-state index contributed by atoms with van der Waals surface area (Å²) in [5.74, 6) is 1.20. The first-order valence-electron chi connectivity index (χ1n) is 6.25. The number of methoxy groups -OCH3 is 1. The van der Waals surface area contributed by atoms with E-state index >= 15 is 0 Å². The fourth-order valence-electron chi connectivity index (χ4n) is 1.97. The molecule has 0 bridgehead atoms. The molecule has 1 aromatic rings. The highest BCUT2D eigenvalue weighted by Gasteiger charge is 2.13. The molecule has 0 spiro atoms. The first kappa shape index (κ1) is 15.1. The number of ether oxygens (including phenoxy) is 1. The lowest BCUT2D eigenvalue weighted by molar-refractivity contribution is 0.244. The van der Waals surface area contributed by atoms with Crippen molar-refractivity contribution in [3.63, 3.8) is 0 Å². The molecule has 4 heteroatoms. The fraction of sp³-hybridized carbons (Fsp3) is 0.571. The van der Waals surface area contributed by atoms with E-state index in [0.717, 1.165) is 18.7 Å². The van der Waals surface area contributed by atoms with Crippen molar-refractivity contribution < 1.29 is 9.84 Å². The monoisotopic (exact) mass is 271 g/mol. The minimum absolute atomic E-state index is 0.184. The average molecular weight is 272 g/mol. The SMILES string of the molecule is CCN(Cc1cc(Cl)cc(OC)c1O)CC(C)C. The van der Waals surface area contributed by atoms with E-state index in [4.69, 9.17) is 16.3 Å². The summed E-state index contributed by atoms with van der Waals surface area (Å²) in [7, 11) is 1.53. The maximum absolute atomic E-state index is 10.1. The van der Waals surface area contributed by atoms with Gasteiger partial charge >= 0.3 is 0 Å². The van der Waals surface area contributed by atoms with Gasteiger partial charge in [0.2, 0.25) is 0 Å². The Morgan fingerprint density at radius 1 is 1.39 bits per heavy atom. The summed E-state index contributed by atoms with van der Waals surface area (Å²) in [6.45, 7) is 9.08. The molecule has 0 heterocycles. The summed E-state index contributed by atoms with van der Waals surface area (Å²) >= 11 is 6.02. The second-order valence-electron chi connectivity index (χ2n) is 4.84. The topological polar surface area (TPSA) is 32.7 Å². The van der Waals surface area contributed by atoms with Gasteiger partial charge in [0.25, 0.3) is 0 Å². The molecule has 102 valence electrons. The van der Waals surface area contributed by atoms with E-state index in [0.29, 0.717) is 23.2 Å². The lowest BCUT2D eigenvalue weighted by atomic mass is 10.1. The zero-order valence-electron chi connectivity index (χ0n) is 11.5. The van der Waals surface area contributed by atoms with Crippen LogP contribution in [0.4, 0.5) is 0 Å². The highest BCUT2D eigenvalue weighted by molar-refractivity contribution is 6.30. The minimum atomic E-state index is 0.184. The van der Waals surface area contributed by atoms with Gasteiger partial charge in [0.15, 0.2) is 11.5 Å². The fourth-order valence-corrected chi connectivity index (χ4v) is 2.20. The summed E-state index contributed by atoms with van der Waals surface area (Å²) in [4.78, 5) is 2.27. The predicted octanol–water partition coefficient (Wildman–Crippen LogP) is 3.53. The molecule has 0 aliphatic carbocycles. The molecule has 1 rings (SSSR count). The molecule has 0 saturated carbocycles. The maximum Gasteiger partial charge on any atom is 0.162 e. The Bertz CT molecular complexity index is 394. The van der Waals surface area contributed by atoms with Crippen LogP contribution in [0.25, 0.3) is 0 Å². The summed E-state index contributed by atoms with van der Waals surface area (Å²) in [6, 6.07) is 3.42. The molecule has 1 aromatic carbocycles. The van der Waals surface area contributed by atoms with Crippen LogP contribution in [-0.2, 0) is 6.54 Å². The van der Waals surface area contributed by atoms with Crippen LogP contribution in [0.5, 0.6) is 11.5 Å². The van der Waals surface area contributed by atoms with Crippen molar-refractivity contribution in [2.24, 2.45) is 5.92 Å². The van der Waals surface area contributed by atoms with Crippen molar-refractivity contribution in [1.29, 1.82) is 0 Å². The van der Waals surface area contributed by atoms with E-state index in [9.17, 15) is 5.11 Å². The molecule has 0 radical (unpaired) electrons. The van der Waals surface area contributed by atoms with Gasteiger partial charge < -0.3 is 9.84 Å². The first-order valence-corrected chi connectivity index (χ1v) is 6.63. The van der Waals surface area contributed by atoms with Crippen molar-refractivity contribution in [3.05, 3.63) is 22.7 Å². The quantitative estimate of drug-likeness (QED) is 0.859. The van der Waals surface area contributed by atoms with Gasteiger partial charge in [-0.25, -0.2) is 0 Å². The Hall–Kier alpha value is -0.930. The standard InChI is InChI=1S/C14H22ClNO2/c1-5-16(8-10(2)3)9-11-6-12(15)7-13(18-4)14(11)17/h6-7,10,17H,5,8-9H2,1-4H3. The van der Waals surface area contributed by atoms with E-state index in [2.05, 4.69) is 25.7 Å². The van der Waals surface area contributed by atoms with Crippen molar-refractivity contribution in [1.82, 2.24) is 4.90 Å². The summed E-state index contributed by atoms with van der Waals surface area (Å²) in [5, 5.41) is 10.7. The van der Waals surface area contributed by atoms with E-state index in [1.54, 1.807) is 12.1 Å². The normalized spacial score (nSPS) is 11.3. The smallest absolute Gasteiger partial charge is 0.162 e. The molecular weight excluding hydrogens is 250 g/mol. The van der Waals surface area contributed by atoms with Gasteiger partial charge in [0.05, 0.1) is 7.11 Å². The third-order valence-electron chi connectivity index (χ3n) is 2.80. The van der Waals surface area contributed by atoms with Gasteiger partial charge in [-0.1, -0.05) is 32.4 Å². The Kier molecular flexibility index (Phi) is 5.76. The van der Waals surface area contributed by atoms with Crippen molar-refractivity contribution in [3.8, 4) is 11.5 Å². The van der Waals surface area contributed by atoms with E-state index < -0.39 is 0 Å². The lowest BCUT2D eigenvalue weighted by Gasteiger charge is -2.23. The molecule has 0 aliphatic rings. The van der Waals surface area contributed by atoms with Crippen LogP contribution in [0.15, 0.2) is 12.1 Å². The molecule has 1 N–H and O–H groups in total. The summed E-state index contributed by atoms with van der Waals surface area (Å²) in [5.41, 5.74) is 0.807. The summed E-state index contributed by atoms with van der Waals surface area (Å²) < 4.78 is 5.11. The second kappa shape index (κ2) is 6.86. The lowest BCUT2D eigenvalue weighted by Crippen LogP contribution is -2.27. The Morgan fingerprint density at radius 2 is 2.06 bits per heavy atom. The molecule has 0 aliphatic heterocycles. The van der Waals surface area contributed by atoms with Crippen molar-refractivity contribution >= 4 is 11.6 Å². The zero-order chi connectivity index (χ0) is 13.7. The van der Waals surface area contributed by atoms with Crippen LogP contribution in [0.1, 0.15) is 26.3 Å². The van der Waals surface area contributed by atoms with Crippen molar-refractivity contribution in [2.45, 2.75) is 27.3 Å². The molecule has 0 atom stereocenters. The molecule has 18 heavy (non-hydrogen) atoms. The molecule has 0 unspecified atom stereocenters. The first-order chi connectivity index (χ1) is 8.47. The van der Waals surface area contributed by atoms with E-state index in [1.165, 1.54) is 7.11 Å². The number of benzene rings is 1. The number of rotatable bonds is 6. The Balaban J connectivity index is 2.91. The second-order valence-corrected chi connectivity index (χ2v) is 5.27. The highest BCUT2D eigenvalue weighted by Crippen LogP contribution is 2.34. The van der Waals surface area contributed by atoms with Gasteiger partial charge in [-0.3, -0.25) is 4.90 Å². The third kappa shape index (κ3) is 4.07. The molecule has 0 amide bonds. The molecule has 0 aromatic heterocycles. The number of aromatic hydroxyl groups is 1. The van der Waals surface area contributed by atoms with Gasteiger partial charge in [0.1, 0.15) is 0 Å². The number of hydrogen-bond donors (Lipinski definition) is 1. The number of phenolic OH excluding ortho intramolecular Hbond substituents is 1. The third-order valence-corrected chi connectivity index (χ3v) is 3.02. The molecule has 0 fully saturated rings. The van der Waals surface area contributed by atoms with Crippen LogP contribution in [-0.4, -0.2) is 30.2 Å². The molecule has 0 saturated heterocycles. The Labute approximate surface area is 114 Å². The molecule has 3 nitrogen and oxygen atoms in total. The minimum Gasteiger partial charge on any atom is -0.504 e. The highest BCUT2D eigenvalue weighted by atomic mass is 35.5. The number of hydrogen-bond acceptors (Lipinski definition) is 3. The van der Waals surface area contributed by atoms with E-state index in [1.807, 2.05) is 0 Å². The molecular formula is C14H22ClNO2.